The minimum Gasteiger partial charge on any atom is -0.482 e. The van der Waals surface area contributed by atoms with Gasteiger partial charge in [0, 0.05) is 25.3 Å². The van der Waals surface area contributed by atoms with Crippen LogP contribution in [-0.4, -0.2) is 42.0 Å². The van der Waals surface area contributed by atoms with Gasteiger partial charge in [0.2, 0.25) is 0 Å². The maximum Gasteiger partial charge on any atom is 0.260 e. The molecule has 20 heavy (non-hydrogen) atoms. The van der Waals surface area contributed by atoms with Crippen molar-refractivity contribution >= 4 is 5.91 Å². The fourth-order valence-electron chi connectivity index (χ4n) is 2.01. The van der Waals surface area contributed by atoms with Crippen molar-refractivity contribution in [3.8, 4) is 5.75 Å². The van der Waals surface area contributed by atoms with Crippen molar-refractivity contribution in [3.05, 3.63) is 23.5 Å². The summed E-state index contributed by atoms with van der Waals surface area (Å²) in [6.45, 7) is 5.60. The van der Waals surface area contributed by atoms with E-state index in [9.17, 15) is 4.79 Å². The van der Waals surface area contributed by atoms with Gasteiger partial charge in [-0.1, -0.05) is 6.92 Å². The Hall–Kier alpha value is -1.62. The van der Waals surface area contributed by atoms with Crippen LogP contribution in [0.25, 0.3) is 0 Å². The monoisotopic (exact) mass is 277 g/mol. The van der Waals surface area contributed by atoms with Gasteiger partial charge in [-0.25, -0.2) is 0 Å². The Morgan fingerprint density at radius 1 is 1.50 bits per heavy atom. The lowest BCUT2D eigenvalue weighted by atomic mass is 10.3. The molecule has 1 aliphatic rings. The summed E-state index contributed by atoms with van der Waals surface area (Å²) in [6.07, 6.45) is 2.22. The van der Waals surface area contributed by atoms with Crippen LogP contribution in [-0.2, 0) is 11.3 Å². The lowest BCUT2D eigenvalue weighted by molar-refractivity contribution is -0.132. The van der Waals surface area contributed by atoms with Crippen LogP contribution in [0.1, 0.15) is 31.2 Å². The number of nitrogens with one attached hydrogen (secondary N) is 1. The van der Waals surface area contributed by atoms with Gasteiger partial charge in [-0.05, 0) is 38.4 Å². The Kier molecular flexibility index (Phi) is 4.95. The number of carbonyl (C=O) groups excluding carboxylic acids is 1. The van der Waals surface area contributed by atoms with Gasteiger partial charge in [0.25, 0.3) is 5.91 Å². The molecule has 0 radical (unpaired) electrons. The molecule has 5 heteroatoms. The van der Waals surface area contributed by atoms with E-state index in [4.69, 9.17) is 4.74 Å². The second-order valence-electron chi connectivity index (χ2n) is 5.20. The molecule has 0 unspecified atom stereocenters. The predicted molar refractivity (Wildman–Crippen MR) is 77.6 cm³/mol. The van der Waals surface area contributed by atoms with Gasteiger partial charge in [-0.2, -0.15) is 0 Å². The SMILES string of the molecule is CCNCc1nc(C)ccc1OCC(=O)N(C)C1CC1. The van der Waals surface area contributed by atoms with Crippen LogP contribution in [0.2, 0.25) is 0 Å². The number of ether oxygens (including phenoxy) is 1. The fraction of sp³-hybridized carbons (Fsp3) is 0.600. The maximum atomic E-state index is 12.0. The standard InChI is InChI=1S/C15H23N3O2/c1-4-16-9-13-14(8-5-11(2)17-13)20-10-15(19)18(3)12-6-7-12/h5,8,12,16H,4,6-7,9-10H2,1-3H3. The summed E-state index contributed by atoms with van der Waals surface area (Å²) in [5, 5.41) is 3.23. The largest absolute Gasteiger partial charge is 0.482 e. The molecular formula is C15H23N3O2. The quantitative estimate of drug-likeness (QED) is 0.820. The van der Waals surface area contributed by atoms with E-state index in [0.717, 1.165) is 30.8 Å². The Labute approximate surface area is 120 Å². The van der Waals surface area contributed by atoms with Gasteiger partial charge in [-0.15, -0.1) is 0 Å². The molecule has 0 bridgehead atoms. The molecule has 1 aliphatic carbocycles. The first kappa shape index (κ1) is 14.8. The van der Waals surface area contributed by atoms with Crippen LogP contribution >= 0.6 is 0 Å². The zero-order chi connectivity index (χ0) is 14.5. The Balaban J connectivity index is 1.95. The smallest absolute Gasteiger partial charge is 0.260 e. The minimum absolute atomic E-state index is 0.0301. The number of pyridine rings is 1. The highest BCUT2D eigenvalue weighted by Gasteiger charge is 2.29. The number of nitrogens with zero attached hydrogens (tertiary/aromatic N) is 2. The molecule has 1 N–H and O–H groups in total. The lowest BCUT2D eigenvalue weighted by Crippen LogP contribution is -2.33. The third-order valence-corrected chi connectivity index (χ3v) is 3.45. The third-order valence-electron chi connectivity index (χ3n) is 3.45. The van der Waals surface area contributed by atoms with Gasteiger partial charge in [0.05, 0.1) is 5.69 Å². The maximum absolute atomic E-state index is 12.0. The Morgan fingerprint density at radius 2 is 2.25 bits per heavy atom. The van der Waals surface area contributed by atoms with Crippen molar-refractivity contribution in [2.24, 2.45) is 0 Å². The van der Waals surface area contributed by atoms with Gasteiger partial charge >= 0.3 is 0 Å². The third kappa shape index (κ3) is 3.93. The summed E-state index contributed by atoms with van der Waals surface area (Å²) in [7, 11) is 1.84. The van der Waals surface area contributed by atoms with Crippen molar-refractivity contribution in [2.45, 2.75) is 39.3 Å². The number of rotatable bonds is 7. The van der Waals surface area contributed by atoms with E-state index >= 15 is 0 Å². The van der Waals surface area contributed by atoms with Crippen molar-refractivity contribution in [3.63, 3.8) is 0 Å². The van der Waals surface area contributed by atoms with Crippen molar-refractivity contribution in [1.29, 1.82) is 0 Å². The van der Waals surface area contributed by atoms with Crippen LogP contribution in [0.4, 0.5) is 0 Å². The highest BCUT2D eigenvalue weighted by Crippen LogP contribution is 2.25. The predicted octanol–water partition coefficient (Wildman–Crippen LogP) is 1.50. The summed E-state index contributed by atoms with van der Waals surface area (Å²) in [5.41, 5.74) is 1.81. The first-order valence-electron chi connectivity index (χ1n) is 7.17. The highest BCUT2D eigenvalue weighted by atomic mass is 16.5. The van der Waals surface area contributed by atoms with E-state index in [0.29, 0.717) is 18.3 Å². The van der Waals surface area contributed by atoms with Gasteiger partial charge in [-0.3, -0.25) is 9.78 Å². The number of aryl methyl sites for hydroxylation is 1. The lowest BCUT2D eigenvalue weighted by Gasteiger charge is -2.17. The molecule has 1 aromatic heterocycles. The Bertz CT molecular complexity index is 472. The summed E-state index contributed by atoms with van der Waals surface area (Å²) >= 11 is 0. The van der Waals surface area contributed by atoms with Gasteiger partial charge in [0.1, 0.15) is 5.75 Å². The summed E-state index contributed by atoms with van der Waals surface area (Å²) < 4.78 is 5.66. The van der Waals surface area contributed by atoms with E-state index in [1.54, 1.807) is 4.90 Å². The number of amides is 1. The molecule has 0 aromatic carbocycles. The topological polar surface area (TPSA) is 54.5 Å². The van der Waals surface area contributed by atoms with Crippen LogP contribution in [0.15, 0.2) is 12.1 Å². The van der Waals surface area contributed by atoms with Crippen molar-refractivity contribution in [1.82, 2.24) is 15.2 Å². The minimum atomic E-state index is 0.0301. The van der Waals surface area contributed by atoms with Crippen LogP contribution in [0, 0.1) is 6.92 Å². The number of likely N-dealkylation sites (N-methyl/N-ethyl adjacent to an activating group) is 1. The van der Waals surface area contributed by atoms with Gasteiger partial charge < -0.3 is 15.0 Å². The average molecular weight is 277 g/mol. The molecule has 1 fully saturated rings. The summed E-state index contributed by atoms with van der Waals surface area (Å²) in [4.78, 5) is 18.2. The highest BCUT2D eigenvalue weighted by molar-refractivity contribution is 5.78. The number of carbonyl (C=O) groups is 1. The van der Waals surface area contributed by atoms with Crippen LogP contribution in [0.3, 0.4) is 0 Å². The van der Waals surface area contributed by atoms with Gasteiger partial charge in [0.15, 0.2) is 6.61 Å². The van der Waals surface area contributed by atoms with E-state index < -0.39 is 0 Å². The number of aromatic nitrogens is 1. The normalized spacial score (nSPS) is 14.2. The molecule has 0 saturated heterocycles. The molecule has 1 amide bonds. The molecule has 0 atom stereocenters. The molecule has 0 aliphatic heterocycles. The molecule has 1 heterocycles. The zero-order valence-electron chi connectivity index (χ0n) is 12.5. The summed E-state index contributed by atoms with van der Waals surface area (Å²) in [6, 6.07) is 4.21. The second-order valence-corrected chi connectivity index (χ2v) is 5.20. The molecule has 2 rings (SSSR count). The Morgan fingerprint density at radius 3 is 2.90 bits per heavy atom. The molecule has 5 nitrogen and oxygen atoms in total. The van der Waals surface area contributed by atoms with E-state index in [-0.39, 0.29) is 12.5 Å². The molecular weight excluding hydrogens is 254 g/mol. The number of hydrogen-bond acceptors (Lipinski definition) is 4. The summed E-state index contributed by atoms with van der Waals surface area (Å²) in [5.74, 6) is 0.719. The van der Waals surface area contributed by atoms with E-state index in [1.807, 2.05) is 33.0 Å². The van der Waals surface area contributed by atoms with E-state index in [2.05, 4.69) is 10.3 Å². The van der Waals surface area contributed by atoms with Crippen molar-refractivity contribution in [2.75, 3.05) is 20.2 Å². The zero-order valence-corrected chi connectivity index (χ0v) is 12.5. The van der Waals surface area contributed by atoms with Crippen LogP contribution in [0.5, 0.6) is 5.75 Å². The van der Waals surface area contributed by atoms with Crippen molar-refractivity contribution < 1.29 is 9.53 Å². The first-order valence-corrected chi connectivity index (χ1v) is 7.17. The molecule has 110 valence electrons. The fourth-order valence-corrected chi connectivity index (χ4v) is 2.01. The second kappa shape index (κ2) is 6.70. The molecule has 0 spiro atoms. The molecule has 1 saturated carbocycles. The number of hydrogen-bond donors (Lipinski definition) is 1. The molecule has 1 aromatic rings. The average Bonchev–Trinajstić information content (AvgIpc) is 3.27. The van der Waals surface area contributed by atoms with Crippen LogP contribution < -0.4 is 10.1 Å². The first-order chi connectivity index (χ1) is 9.61. The van der Waals surface area contributed by atoms with E-state index in [1.165, 1.54) is 0 Å².